The van der Waals surface area contributed by atoms with Gasteiger partial charge < -0.3 is 4.90 Å². The van der Waals surface area contributed by atoms with Gasteiger partial charge in [0.05, 0.1) is 4.90 Å². The SMILES string of the molecule is CCN(CC)S(=O)(=O)c1ccc(CCC(=O)N2CCC2)cc1. The first-order valence-electron chi connectivity index (χ1n) is 7.86. The number of carbonyl (C=O) groups is 1. The quantitative estimate of drug-likeness (QED) is 0.769. The van der Waals surface area contributed by atoms with E-state index in [1.807, 2.05) is 18.7 Å². The fourth-order valence-electron chi connectivity index (χ4n) is 2.52. The molecule has 1 heterocycles. The zero-order chi connectivity index (χ0) is 16.2. The molecule has 1 amide bonds. The van der Waals surface area contributed by atoms with Gasteiger partial charge in [0.2, 0.25) is 15.9 Å². The number of carbonyl (C=O) groups excluding carboxylic acids is 1. The van der Waals surface area contributed by atoms with Gasteiger partial charge in [0, 0.05) is 32.6 Å². The topological polar surface area (TPSA) is 57.7 Å². The van der Waals surface area contributed by atoms with Crippen molar-refractivity contribution in [1.82, 2.24) is 9.21 Å². The van der Waals surface area contributed by atoms with Crippen molar-refractivity contribution < 1.29 is 13.2 Å². The van der Waals surface area contributed by atoms with Crippen LogP contribution in [0.5, 0.6) is 0 Å². The molecular formula is C16H24N2O3S. The zero-order valence-electron chi connectivity index (χ0n) is 13.3. The van der Waals surface area contributed by atoms with Gasteiger partial charge in [-0.3, -0.25) is 4.79 Å². The number of nitrogens with zero attached hydrogens (tertiary/aromatic N) is 2. The van der Waals surface area contributed by atoms with Crippen molar-refractivity contribution in [3.8, 4) is 0 Å². The van der Waals surface area contributed by atoms with Gasteiger partial charge in [-0.2, -0.15) is 4.31 Å². The highest BCUT2D eigenvalue weighted by molar-refractivity contribution is 7.89. The molecule has 22 heavy (non-hydrogen) atoms. The van der Waals surface area contributed by atoms with Crippen LogP contribution in [0.1, 0.15) is 32.3 Å². The van der Waals surface area contributed by atoms with Gasteiger partial charge in [-0.05, 0) is 30.5 Å². The maximum Gasteiger partial charge on any atom is 0.243 e. The minimum Gasteiger partial charge on any atom is -0.343 e. The Hall–Kier alpha value is -1.40. The first-order valence-corrected chi connectivity index (χ1v) is 9.30. The minimum atomic E-state index is -3.40. The van der Waals surface area contributed by atoms with Crippen LogP contribution in [0.25, 0.3) is 0 Å². The molecule has 1 aliphatic heterocycles. The lowest BCUT2D eigenvalue weighted by molar-refractivity contribution is -0.134. The van der Waals surface area contributed by atoms with E-state index in [0.717, 1.165) is 25.1 Å². The van der Waals surface area contributed by atoms with E-state index in [4.69, 9.17) is 0 Å². The molecule has 0 spiro atoms. The monoisotopic (exact) mass is 324 g/mol. The predicted octanol–water partition coefficient (Wildman–Crippen LogP) is 1.88. The fraction of sp³-hybridized carbons (Fsp3) is 0.562. The molecule has 0 bridgehead atoms. The maximum atomic E-state index is 12.4. The molecule has 5 nitrogen and oxygen atoms in total. The van der Waals surface area contributed by atoms with Gasteiger partial charge in [-0.1, -0.05) is 26.0 Å². The summed E-state index contributed by atoms with van der Waals surface area (Å²) in [5.41, 5.74) is 0.993. The van der Waals surface area contributed by atoms with Crippen molar-refractivity contribution in [3.05, 3.63) is 29.8 Å². The van der Waals surface area contributed by atoms with E-state index in [1.165, 1.54) is 4.31 Å². The van der Waals surface area contributed by atoms with Crippen molar-refractivity contribution in [1.29, 1.82) is 0 Å². The molecule has 1 aromatic rings. The number of benzene rings is 1. The first kappa shape index (κ1) is 17.0. The van der Waals surface area contributed by atoms with Crippen LogP contribution in [0.2, 0.25) is 0 Å². The van der Waals surface area contributed by atoms with E-state index < -0.39 is 10.0 Å². The van der Waals surface area contributed by atoms with E-state index in [1.54, 1.807) is 24.3 Å². The van der Waals surface area contributed by atoms with Gasteiger partial charge in [-0.15, -0.1) is 0 Å². The molecule has 122 valence electrons. The Morgan fingerprint density at radius 3 is 2.18 bits per heavy atom. The van der Waals surface area contributed by atoms with Crippen LogP contribution in [0.15, 0.2) is 29.2 Å². The number of rotatable bonds is 7. The molecule has 1 aromatic carbocycles. The number of likely N-dealkylation sites (tertiary alicyclic amines) is 1. The van der Waals surface area contributed by atoms with Crippen LogP contribution in [0, 0.1) is 0 Å². The van der Waals surface area contributed by atoms with E-state index in [-0.39, 0.29) is 5.91 Å². The molecule has 6 heteroatoms. The number of sulfonamides is 1. The molecule has 0 atom stereocenters. The van der Waals surface area contributed by atoms with Crippen LogP contribution in [0.3, 0.4) is 0 Å². The van der Waals surface area contributed by atoms with Crippen LogP contribution in [-0.2, 0) is 21.2 Å². The highest BCUT2D eigenvalue weighted by atomic mass is 32.2. The van der Waals surface area contributed by atoms with Gasteiger partial charge in [-0.25, -0.2) is 8.42 Å². The van der Waals surface area contributed by atoms with Crippen molar-refractivity contribution in [2.75, 3.05) is 26.2 Å². The Morgan fingerprint density at radius 1 is 1.14 bits per heavy atom. The van der Waals surface area contributed by atoms with Crippen LogP contribution in [-0.4, -0.2) is 49.7 Å². The molecule has 0 saturated carbocycles. The van der Waals surface area contributed by atoms with Crippen molar-refractivity contribution in [2.24, 2.45) is 0 Å². The van der Waals surface area contributed by atoms with Crippen molar-refractivity contribution >= 4 is 15.9 Å². The fourth-order valence-corrected chi connectivity index (χ4v) is 3.97. The molecular weight excluding hydrogens is 300 g/mol. The minimum absolute atomic E-state index is 0.186. The lowest BCUT2D eigenvalue weighted by Crippen LogP contribution is -2.42. The van der Waals surface area contributed by atoms with Gasteiger partial charge >= 0.3 is 0 Å². The van der Waals surface area contributed by atoms with Gasteiger partial charge in [0.1, 0.15) is 0 Å². The van der Waals surface area contributed by atoms with Gasteiger partial charge in [0.25, 0.3) is 0 Å². The summed E-state index contributed by atoms with van der Waals surface area (Å²) in [4.78, 5) is 14.0. The standard InChI is InChI=1S/C16H24N2O3S/c1-3-18(4-2)22(20,21)15-9-6-14(7-10-15)8-11-16(19)17-12-5-13-17/h6-7,9-10H,3-5,8,11-13H2,1-2H3. The Balaban J connectivity index is 1.99. The van der Waals surface area contributed by atoms with Crippen molar-refractivity contribution in [3.63, 3.8) is 0 Å². The second-order valence-corrected chi connectivity index (χ2v) is 7.41. The van der Waals surface area contributed by atoms with E-state index in [2.05, 4.69) is 0 Å². The average Bonchev–Trinajstić information content (AvgIpc) is 2.45. The Morgan fingerprint density at radius 2 is 1.73 bits per heavy atom. The van der Waals surface area contributed by atoms with Crippen LogP contribution < -0.4 is 0 Å². The first-order chi connectivity index (χ1) is 10.5. The second kappa shape index (κ2) is 7.24. The molecule has 0 aromatic heterocycles. The molecule has 0 radical (unpaired) electrons. The third-order valence-corrected chi connectivity index (χ3v) is 6.17. The predicted molar refractivity (Wildman–Crippen MR) is 86.1 cm³/mol. The Kier molecular flexibility index (Phi) is 5.58. The van der Waals surface area contributed by atoms with Gasteiger partial charge in [0.15, 0.2) is 0 Å². The summed E-state index contributed by atoms with van der Waals surface area (Å²) in [6.07, 6.45) is 2.24. The summed E-state index contributed by atoms with van der Waals surface area (Å²) in [6.45, 7) is 6.34. The summed E-state index contributed by atoms with van der Waals surface area (Å²) in [7, 11) is -3.40. The zero-order valence-corrected chi connectivity index (χ0v) is 14.1. The van der Waals surface area contributed by atoms with Crippen LogP contribution in [0.4, 0.5) is 0 Å². The third kappa shape index (κ3) is 3.67. The second-order valence-electron chi connectivity index (χ2n) is 5.47. The normalized spacial score (nSPS) is 15.0. The highest BCUT2D eigenvalue weighted by Crippen LogP contribution is 2.17. The summed E-state index contributed by atoms with van der Waals surface area (Å²) >= 11 is 0. The summed E-state index contributed by atoms with van der Waals surface area (Å²) < 4.78 is 26.2. The van der Waals surface area contributed by atoms with Crippen LogP contribution >= 0.6 is 0 Å². The van der Waals surface area contributed by atoms with E-state index >= 15 is 0 Å². The number of hydrogen-bond donors (Lipinski definition) is 0. The lowest BCUT2D eigenvalue weighted by atomic mass is 10.1. The maximum absolute atomic E-state index is 12.4. The third-order valence-electron chi connectivity index (χ3n) is 4.10. The summed E-state index contributed by atoms with van der Waals surface area (Å²) in [6, 6.07) is 6.88. The molecule has 0 unspecified atom stereocenters. The number of amides is 1. The summed E-state index contributed by atoms with van der Waals surface area (Å²) in [5.74, 6) is 0.186. The molecule has 2 rings (SSSR count). The van der Waals surface area contributed by atoms with Crippen molar-refractivity contribution in [2.45, 2.75) is 38.0 Å². The molecule has 1 fully saturated rings. The number of hydrogen-bond acceptors (Lipinski definition) is 3. The molecule has 0 N–H and O–H groups in total. The largest absolute Gasteiger partial charge is 0.343 e. The Labute approximate surface area is 133 Å². The average molecular weight is 324 g/mol. The molecule has 1 saturated heterocycles. The molecule has 0 aliphatic carbocycles. The van der Waals surface area contributed by atoms with E-state index in [9.17, 15) is 13.2 Å². The highest BCUT2D eigenvalue weighted by Gasteiger charge is 2.22. The summed E-state index contributed by atoms with van der Waals surface area (Å²) in [5, 5.41) is 0. The number of aryl methyl sites for hydroxylation is 1. The van der Waals surface area contributed by atoms with E-state index in [0.29, 0.717) is 30.8 Å². The molecule has 1 aliphatic rings. The smallest absolute Gasteiger partial charge is 0.243 e. The Bertz CT molecular complexity index is 603. The lowest BCUT2D eigenvalue weighted by Gasteiger charge is -2.30.